The quantitative estimate of drug-likeness (QED) is 0.102. The van der Waals surface area contributed by atoms with Crippen LogP contribution < -0.4 is 16.0 Å². The number of thioether (sulfide) groups is 1. The van der Waals surface area contributed by atoms with Crippen LogP contribution >= 0.6 is 11.8 Å². The van der Waals surface area contributed by atoms with Crippen LogP contribution in [0.4, 0.5) is 0 Å². The van der Waals surface area contributed by atoms with Crippen LogP contribution in [0.15, 0.2) is 24.3 Å². The molecule has 0 heterocycles. The average Bonchev–Trinajstić information content (AvgIpc) is 2.99. The first kappa shape index (κ1) is 36.5. The molecule has 0 aliphatic heterocycles. The summed E-state index contributed by atoms with van der Waals surface area (Å²) in [5, 5.41) is 8.19. The number of rotatable bonds is 24. The zero-order valence-corrected chi connectivity index (χ0v) is 26.4. The van der Waals surface area contributed by atoms with Gasteiger partial charge in [0, 0.05) is 18.5 Å². The second-order valence-electron chi connectivity index (χ2n) is 10.6. The molecular weight excluding hydrogens is 538 g/mol. The minimum Gasteiger partial charge on any atom is -0.467 e. The molecule has 9 heteroatoms. The third-order valence-corrected chi connectivity index (χ3v) is 7.70. The summed E-state index contributed by atoms with van der Waals surface area (Å²) in [6.07, 6.45) is 19.3. The van der Waals surface area contributed by atoms with Gasteiger partial charge in [-0.25, -0.2) is 4.79 Å². The number of unbranched alkanes of at least 4 members (excludes halogenated alkanes) is 12. The maximum absolute atomic E-state index is 12.5. The molecule has 41 heavy (non-hydrogen) atoms. The van der Waals surface area contributed by atoms with Gasteiger partial charge < -0.3 is 20.7 Å². The molecule has 0 aromatic heterocycles. The molecule has 0 fully saturated rings. The van der Waals surface area contributed by atoms with Crippen LogP contribution in [0.1, 0.15) is 119 Å². The Labute approximate surface area is 251 Å². The topological polar surface area (TPSA) is 114 Å². The van der Waals surface area contributed by atoms with Gasteiger partial charge in [-0.05, 0) is 42.5 Å². The smallest absolute Gasteiger partial charge is 0.328 e. The number of amides is 3. The number of ether oxygens (including phenoxy) is 1. The molecule has 1 atom stereocenters. The first-order valence-corrected chi connectivity index (χ1v) is 16.8. The van der Waals surface area contributed by atoms with Crippen molar-refractivity contribution in [1.29, 1.82) is 0 Å². The second kappa shape index (κ2) is 24.1. The number of nitrogens with one attached hydrogen (secondary N) is 3. The molecule has 0 radical (unpaired) electrons. The van der Waals surface area contributed by atoms with Crippen LogP contribution in [0.5, 0.6) is 0 Å². The van der Waals surface area contributed by atoms with Gasteiger partial charge in [-0.3, -0.25) is 14.4 Å². The molecule has 232 valence electrons. The summed E-state index contributed by atoms with van der Waals surface area (Å²) in [7, 11) is 1.30. The molecule has 0 saturated heterocycles. The van der Waals surface area contributed by atoms with E-state index < -0.39 is 12.0 Å². The predicted molar refractivity (Wildman–Crippen MR) is 168 cm³/mol. The van der Waals surface area contributed by atoms with E-state index in [0.29, 0.717) is 18.4 Å². The second-order valence-corrected chi connectivity index (χ2v) is 11.6. The Morgan fingerprint density at radius 1 is 0.780 bits per heavy atom. The highest BCUT2D eigenvalue weighted by Gasteiger charge is 2.21. The summed E-state index contributed by atoms with van der Waals surface area (Å²) in [5.74, 6) is -0.466. The fourth-order valence-corrected chi connectivity index (χ4v) is 4.95. The number of methoxy groups -OCH3 is 1. The average molecular weight is 592 g/mol. The molecule has 0 spiro atoms. The standard InChI is InChI=1S/C32H53N3O5S/c1-4-5-6-7-8-9-10-11-12-13-14-15-16-17-29(36)34-25-30(37)33-24-26-18-20-27(21-19-26)31(38)35-28(22-23-41-3)32(39)40-2/h18-21,28H,4-17,22-25H2,1-3H3,(H,33,37)(H,34,36)(H,35,38)/t28-/m0/s1. The lowest BCUT2D eigenvalue weighted by Crippen LogP contribution is -2.41. The van der Waals surface area contributed by atoms with E-state index in [4.69, 9.17) is 4.74 Å². The Morgan fingerprint density at radius 2 is 1.34 bits per heavy atom. The summed E-state index contributed by atoms with van der Waals surface area (Å²) in [6, 6.07) is 6.10. The lowest BCUT2D eigenvalue weighted by Gasteiger charge is -2.16. The number of carbonyl (C=O) groups excluding carboxylic acids is 4. The molecule has 0 saturated carbocycles. The van der Waals surface area contributed by atoms with Gasteiger partial charge in [0.1, 0.15) is 6.04 Å². The largest absolute Gasteiger partial charge is 0.467 e. The third-order valence-electron chi connectivity index (χ3n) is 7.06. The van der Waals surface area contributed by atoms with Gasteiger partial charge in [0.05, 0.1) is 13.7 Å². The van der Waals surface area contributed by atoms with Crippen LogP contribution in [0, 0.1) is 0 Å². The van der Waals surface area contributed by atoms with Gasteiger partial charge in [-0.1, -0.05) is 96.1 Å². The maximum Gasteiger partial charge on any atom is 0.328 e. The minimum absolute atomic E-state index is 0.0528. The van der Waals surface area contributed by atoms with Crippen molar-refractivity contribution in [3.05, 3.63) is 35.4 Å². The molecule has 0 bridgehead atoms. The summed E-state index contributed by atoms with van der Waals surface area (Å²) >= 11 is 1.59. The van der Waals surface area contributed by atoms with Crippen molar-refractivity contribution < 1.29 is 23.9 Å². The minimum atomic E-state index is -0.696. The molecule has 1 aromatic rings. The molecular formula is C32H53N3O5S. The number of esters is 1. The highest BCUT2D eigenvalue weighted by atomic mass is 32.2. The number of carbonyl (C=O) groups is 4. The van der Waals surface area contributed by atoms with Crippen molar-refractivity contribution in [2.45, 2.75) is 116 Å². The normalized spacial score (nSPS) is 11.5. The number of hydrogen-bond acceptors (Lipinski definition) is 6. The van der Waals surface area contributed by atoms with Gasteiger partial charge in [-0.15, -0.1) is 0 Å². The summed E-state index contributed by atoms with van der Waals surface area (Å²) < 4.78 is 4.78. The Balaban J connectivity index is 2.15. The van der Waals surface area contributed by atoms with E-state index in [1.165, 1.54) is 71.3 Å². The lowest BCUT2D eigenvalue weighted by atomic mass is 10.0. The first-order chi connectivity index (χ1) is 19.9. The van der Waals surface area contributed by atoms with E-state index in [1.807, 2.05) is 6.26 Å². The van der Waals surface area contributed by atoms with Crippen molar-refractivity contribution in [3.63, 3.8) is 0 Å². The van der Waals surface area contributed by atoms with Crippen molar-refractivity contribution in [1.82, 2.24) is 16.0 Å². The monoisotopic (exact) mass is 591 g/mol. The fraction of sp³-hybridized carbons (Fsp3) is 0.688. The third kappa shape index (κ3) is 18.5. The molecule has 0 aliphatic carbocycles. The van der Waals surface area contributed by atoms with E-state index in [1.54, 1.807) is 36.0 Å². The molecule has 1 rings (SSSR count). The Hall–Kier alpha value is -2.55. The molecule has 0 aliphatic rings. The summed E-state index contributed by atoms with van der Waals surface area (Å²) in [5.41, 5.74) is 1.23. The van der Waals surface area contributed by atoms with Gasteiger partial charge >= 0.3 is 5.97 Å². The zero-order valence-electron chi connectivity index (χ0n) is 25.6. The Morgan fingerprint density at radius 3 is 1.88 bits per heavy atom. The Kier molecular flexibility index (Phi) is 21.4. The fourth-order valence-electron chi connectivity index (χ4n) is 4.48. The molecule has 8 nitrogen and oxygen atoms in total. The Bertz CT molecular complexity index is 879. The maximum atomic E-state index is 12.5. The first-order valence-electron chi connectivity index (χ1n) is 15.4. The van der Waals surface area contributed by atoms with Crippen LogP contribution in [0.3, 0.4) is 0 Å². The van der Waals surface area contributed by atoms with Crippen molar-refractivity contribution in [2.75, 3.05) is 25.7 Å². The molecule has 0 unspecified atom stereocenters. The van der Waals surface area contributed by atoms with Crippen LogP contribution in [-0.2, 0) is 25.7 Å². The van der Waals surface area contributed by atoms with Crippen molar-refractivity contribution >= 4 is 35.5 Å². The van der Waals surface area contributed by atoms with E-state index in [9.17, 15) is 19.2 Å². The van der Waals surface area contributed by atoms with Crippen LogP contribution in [0.25, 0.3) is 0 Å². The predicted octanol–water partition coefficient (Wildman–Crippen LogP) is 5.92. The van der Waals surface area contributed by atoms with E-state index in [0.717, 1.165) is 30.6 Å². The summed E-state index contributed by atoms with van der Waals surface area (Å²) in [4.78, 5) is 48.7. The van der Waals surface area contributed by atoms with Crippen LogP contribution in [-0.4, -0.2) is 55.4 Å². The lowest BCUT2D eigenvalue weighted by molar-refractivity contribution is -0.142. The van der Waals surface area contributed by atoms with E-state index in [2.05, 4.69) is 22.9 Å². The van der Waals surface area contributed by atoms with Gasteiger partial charge in [0.15, 0.2) is 0 Å². The highest BCUT2D eigenvalue weighted by molar-refractivity contribution is 7.98. The van der Waals surface area contributed by atoms with E-state index >= 15 is 0 Å². The number of hydrogen-bond donors (Lipinski definition) is 3. The molecule has 3 amide bonds. The van der Waals surface area contributed by atoms with Gasteiger partial charge in [0.2, 0.25) is 11.8 Å². The number of benzene rings is 1. The van der Waals surface area contributed by atoms with Gasteiger partial charge in [-0.2, -0.15) is 11.8 Å². The highest BCUT2D eigenvalue weighted by Crippen LogP contribution is 2.13. The van der Waals surface area contributed by atoms with Crippen LogP contribution in [0.2, 0.25) is 0 Å². The molecule has 1 aromatic carbocycles. The van der Waals surface area contributed by atoms with Crippen molar-refractivity contribution in [2.24, 2.45) is 0 Å². The van der Waals surface area contributed by atoms with E-state index in [-0.39, 0.29) is 30.8 Å². The van der Waals surface area contributed by atoms with Gasteiger partial charge in [0.25, 0.3) is 5.91 Å². The van der Waals surface area contributed by atoms with Crippen molar-refractivity contribution in [3.8, 4) is 0 Å². The summed E-state index contributed by atoms with van der Waals surface area (Å²) in [6.45, 7) is 2.48. The SMILES string of the molecule is CCCCCCCCCCCCCCCC(=O)NCC(=O)NCc1ccc(C(=O)N[C@@H](CCSC)C(=O)OC)cc1. The zero-order chi connectivity index (χ0) is 30.1. The molecule has 3 N–H and O–H groups in total.